The number of pyridine rings is 1. The zero-order chi connectivity index (χ0) is 20.8. The number of hydrogen-bond donors (Lipinski definition) is 4. The summed E-state index contributed by atoms with van der Waals surface area (Å²) in [6, 6.07) is 16.3. The topological polar surface area (TPSA) is 121 Å². The van der Waals surface area contributed by atoms with E-state index in [2.05, 4.69) is 10.3 Å². The van der Waals surface area contributed by atoms with Crippen molar-refractivity contribution in [3.05, 3.63) is 71.4 Å². The highest BCUT2D eigenvalue weighted by Gasteiger charge is 2.15. The number of carbonyl (C=O) groups is 2. The molecule has 0 saturated heterocycles. The minimum atomic E-state index is -1.54. The van der Waals surface area contributed by atoms with E-state index >= 15 is 0 Å². The number of nitrogens with one attached hydrogen (secondary N) is 2. The van der Waals surface area contributed by atoms with Gasteiger partial charge in [0.05, 0.1) is 12.1 Å². The molecule has 8 heteroatoms. The molecule has 0 bridgehead atoms. The Hall–Kier alpha value is -3.49. The molecule has 0 radical (unpaired) electrons. The molecule has 8 nitrogen and oxygen atoms in total. The van der Waals surface area contributed by atoms with Crippen LogP contribution >= 0.6 is 0 Å². The summed E-state index contributed by atoms with van der Waals surface area (Å²) < 4.78 is 5.85. The largest absolute Gasteiger partial charge is 0.489 e. The maximum absolute atomic E-state index is 12.1. The Balaban J connectivity index is 1.61. The van der Waals surface area contributed by atoms with Gasteiger partial charge in [-0.1, -0.05) is 18.2 Å². The zero-order valence-electron chi connectivity index (χ0n) is 15.8. The lowest BCUT2D eigenvalue weighted by molar-refractivity contribution is -0.137. The highest BCUT2D eigenvalue weighted by atomic mass is 16.5. The Kier molecular flexibility index (Phi) is 6.38. The molecule has 1 aromatic heterocycles. The lowest BCUT2D eigenvalue weighted by Crippen LogP contribution is -2.41. The lowest BCUT2D eigenvalue weighted by atomic mass is 10.1. The molecule has 0 aliphatic carbocycles. The monoisotopic (exact) mass is 395 g/mol. The van der Waals surface area contributed by atoms with E-state index in [0.717, 1.165) is 22.2 Å². The first kappa shape index (κ1) is 20.2. The molecule has 150 valence electrons. The van der Waals surface area contributed by atoms with Gasteiger partial charge in [0, 0.05) is 22.2 Å². The summed E-state index contributed by atoms with van der Waals surface area (Å²) in [6.45, 7) is 1.97. The third kappa shape index (κ3) is 5.07. The number of benzene rings is 2. The van der Waals surface area contributed by atoms with E-state index in [1.165, 1.54) is 5.48 Å². The highest BCUT2D eigenvalue weighted by molar-refractivity contribution is 5.94. The van der Waals surface area contributed by atoms with Crippen LogP contribution in [-0.2, 0) is 11.4 Å². The second-order valence-corrected chi connectivity index (χ2v) is 6.45. The molecule has 0 spiro atoms. The maximum Gasteiger partial charge on any atom is 0.273 e. The Labute approximate surface area is 167 Å². The van der Waals surface area contributed by atoms with Gasteiger partial charge in [0.25, 0.3) is 11.8 Å². The normalized spacial score (nSPS) is 11.7. The van der Waals surface area contributed by atoms with Crippen molar-refractivity contribution in [3.8, 4) is 5.75 Å². The molecule has 0 aliphatic heterocycles. The van der Waals surface area contributed by atoms with Gasteiger partial charge < -0.3 is 15.2 Å². The first-order valence-electron chi connectivity index (χ1n) is 8.96. The van der Waals surface area contributed by atoms with E-state index < -0.39 is 17.9 Å². The SMILES string of the molecule is Cc1cc(COc2ccc(C(=O)NC[C@@H](O)C(=O)NO)cc2)c2ccccc2n1. The van der Waals surface area contributed by atoms with Gasteiger partial charge in [0.2, 0.25) is 0 Å². The average Bonchev–Trinajstić information content (AvgIpc) is 2.75. The molecule has 0 aliphatic rings. The Morgan fingerprint density at radius 1 is 1.14 bits per heavy atom. The van der Waals surface area contributed by atoms with E-state index in [1.54, 1.807) is 24.3 Å². The van der Waals surface area contributed by atoms with Gasteiger partial charge in [0.1, 0.15) is 12.4 Å². The summed E-state index contributed by atoms with van der Waals surface area (Å²) in [5.74, 6) is -0.857. The maximum atomic E-state index is 12.1. The highest BCUT2D eigenvalue weighted by Crippen LogP contribution is 2.21. The standard InChI is InChI=1S/C21H21N3O5/c1-13-10-15(17-4-2-3-5-18(17)23-13)12-29-16-8-6-14(7-9-16)20(26)22-11-19(25)21(27)24-28/h2-10,19,25,28H,11-12H2,1H3,(H,22,26)(H,24,27)/t19-/m1/s1. The number of amides is 2. The predicted molar refractivity (Wildman–Crippen MR) is 106 cm³/mol. The molecular formula is C21H21N3O5. The van der Waals surface area contributed by atoms with Crippen molar-refractivity contribution >= 4 is 22.7 Å². The third-order valence-electron chi connectivity index (χ3n) is 4.31. The van der Waals surface area contributed by atoms with Crippen molar-refractivity contribution in [2.24, 2.45) is 0 Å². The van der Waals surface area contributed by atoms with Crippen LogP contribution in [0.3, 0.4) is 0 Å². The smallest absolute Gasteiger partial charge is 0.273 e. The second-order valence-electron chi connectivity index (χ2n) is 6.45. The molecule has 29 heavy (non-hydrogen) atoms. The number of carbonyl (C=O) groups excluding carboxylic acids is 2. The summed E-state index contributed by atoms with van der Waals surface area (Å²) in [5.41, 5.74) is 4.50. The number of aromatic nitrogens is 1. The van der Waals surface area contributed by atoms with Crippen LogP contribution in [-0.4, -0.2) is 39.8 Å². The van der Waals surface area contributed by atoms with Gasteiger partial charge in [-0.15, -0.1) is 0 Å². The number of hydrogen-bond acceptors (Lipinski definition) is 6. The van der Waals surface area contributed by atoms with Crippen LogP contribution in [0.25, 0.3) is 10.9 Å². The Morgan fingerprint density at radius 3 is 2.59 bits per heavy atom. The van der Waals surface area contributed by atoms with Crippen molar-refractivity contribution < 1.29 is 24.6 Å². The van der Waals surface area contributed by atoms with Crippen LogP contribution in [0.5, 0.6) is 5.75 Å². The number of rotatable bonds is 7. The number of hydroxylamine groups is 1. The van der Waals surface area contributed by atoms with Gasteiger partial charge in [-0.3, -0.25) is 19.8 Å². The molecular weight excluding hydrogens is 374 g/mol. The fraction of sp³-hybridized carbons (Fsp3) is 0.190. The minimum absolute atomic E-state index is 0.321. The van der Waals surface area contributed by atoms with Crippen LogP contribution in [0.15, 0.2) is 54.6 Å². The molecule has 3 rings (SSSR count). The number of aliphatic hydroxyl groups excluding tert-OH is 1. The Bertz CT molecular complexity index is 1020. The van der Waals surface area contributed by atoms with Crippen molar-refractivity contribution in [3.63, 3.8) is 0 Å². The van der Waals surface area contributed by atoms with Crippen LogP contribution < -0.4 is 15.5 Å². The molecule has 0 saturated carbocycles. The molecule has 1 atom stereocenters. The summed E-state index contributed by atoms with van der Waals surface area (Å²) in [7, 11) is 0. The summed E-state index contributed by atoms with van der Waals surface area (Å²) in [4.78, 5) is 27.6. The minimum Gasteiger partial charge on any atom is -0.489 e. The molecule has 2 aromatic carbocycles. The predicted octanol–water partition coefficient (Wildman–Crippen LogP) is 1.72. The molecule has 4 N–H and O–H groups in total. The van der Waals surface area contributed by atoms with Crippen LogP contribution in [0, 0.1) is 6.92 Å². The fourth-order valence-electron chi connectivity index (χ4n) is 2.84. The van der Waals surface area contributed by atoms with E-state index in [4.69, 9.17) is 9.94 Å². The number of fused-ring (bicyclic) bond motifs is 1. The van der Waals surface area contributed by atoms with E-state index in [9.17, 15) is 14.7 Å². The fourth-order valence-corrected chi connectivity index (χ4v) is 2.84. The van der Waals surface area contributed by atoms with Gasteiger partial charge in [-0.05, 0) is 43.3 Å². The van der Waals surface area contributed by atoms with Gasteiger partial charge in [0.15, 0.2) is 6.10 Å². The van der Waals surface area contributed by atoms with Crippen LogP contribution in [0.1, 0.15) is 21.6 Å². The van der Waals surface area contributed by atoms with E-state index in [0.29, 0.717) is 17.9 Å². The van der Waals surface area contributed by atoms with Gasteiger partial charge in [-0.25, -0.2) is 5.48 Å². The lowest BCUT2D eigenvalue weighted by Gasteiger charge is -2.11. The van der Waals surface area contributed by atoms with Crippen LogP contribution in [0.4, 0.5) is 0 Å². The van der Waals surface area contributed by atoms with Crippen molar-refractivity contribution in [1.82, 2.24) is 15.8 Å². The number of aryl methyl sites for hydroxylation is 1. The van der Waals surface area contributed by atoms with Crippen LogP contribution in [0.2, 0.25) is 0 Å². The molecule has 1 heterocycles. The number of nitrogens with zero attached hydrogens (tertiary/aromatic N) is 1. The van der Waals surface area contributed by atoms with E-state index in [-0.39, 0.29) is 6.54 Å². The molecule has 0 unspecified atom stereocenters. The first-order valence-corrected chi connectivity index (χ1v) is 8.96. The Morgan fingerprint density at radius 2 is 1.86 bits per heavy atom. The van der Waals surface area contributed by atoms with Gasteiger partial charge in [-0.2, -0.15) is 0 Å². The zero-order valence-corrected chi connectivity index (χ0v) is 15.8. The summed E-state index contributed by atoms with van der Waals surface area (Å²) in [6.07, 6.45) is -1.54. The number of aliphatic hydroxyl groups is 1. The average molecular weight is 395 g/mol. The first-order chi connectivity index (χ1) is 14.0. The second kappa shape index (κ2) is 9.13. The molecule has 3 aromatic rings. The molecule has 0 fully saturated rings. The molecule has 2 amide bonds. The number of ether oxygens (including phenoxy) is 1. The van der Waals surface area contributed by atoms with Crippen molar-refractivity contribution in [2.45, 2.75) is 19.6 Å². The quantitative estimate of drug-likeness (QED) is 0.357. The van der Waals surface area contributed by atoms with Crippen molar-refractivity contribution in [2.75, 3.05) is 6.54 Å². The third-order valence-corrected chi connectivity index (χ3v) is 4.31. The van der Waals surface area contributed by atoms with E-state index in [1.807, 2.05) is 37.3 Å². The summed E-state index contributed by atoms with van der Waals surface area (Å²) >= 11 is 0. The number of para-hydroxylation sites is 1. The summed E-state index contributed by atoms with van der Waals surface area (Å²) in [5, 5.41) is 21.3. The van der Waals surface area contributed by atoms with Crippen molar-refractivity contribution in [1.29, 1.82) is 0 Å². The van der Waals surface area contributed by atoms with Gasteiger partial charge >= 0.3 is 0 Å².